The van der Waals surface area contributed by atoms with Crippen LogP contribution in [0.2, 0.25) is 0 Å². The molecule has 5 heteroatoms. The number of anilines is 1. The van der Waals surface area contributed by atoms with Crippen LogP contribution in [0.15, 0.2) is 47.4 Å². The molecule has 0 radical (unpaired) electrons. The molecule has 0 saturated carbocycles. The Balaban J connectivity index is 1.66. The van der Waals surface area contributed by atoms with Crippen molar-refractivity contribution in [2.75, 3.05) is 17.7 Å². The highest BCUT2D eigenvalue weighted by molar-refractivity contribution is 7.90. The van der Waals surface area contributed by atoms with Gasteiger partial charge in [-0.05, 0) is 61.9 Å². The predicted octanol–water partition coefficient (Wildman–Crippen LogP) is 3.70. The molecule has 0 spiro atoms. The third kappa shape index (κ3) is 4.33. The fraction of sp³-hybridized carbons (Fsp3) is 0.381. The molecule has 1 amide bonds. The van der Waals surface area contributed by atoms with Gasteiger partial charge in [0.05, 0.1) is 4.90 Å². The van der Waals surface area contributed by atoms with E-state index in [1.165, 1.54) is 17.4 Å². The summed E-state index contributed by atoms with van der Waals surface area (Å²) in [4.78, 5) is 14.8. The van der Waals surface area contributed by atoms with Crippen molar-refractivity contribution in [3.05, 3.63) is 59.2 Å². The van der Waals surface area contributed by atoms with E-state index in [4.69, 9.17) is 0 Å². The third-order valence-corrected chi connectivity index (χ3v) is 5.99. The van der Waals surface area contributed by atoms with Gasteiger partial charge < -0.3 is 4.90 Å². The van der Waals surface area contributed by atoms with Crippen LogP contribution < -0.4 is 4.90 Å². The number of sulfone groups is 1. The first-order valence-corrected chi connectivity index (χ1v) is 10.9. The molecule has 0 fully saturated rings. The van der Waals surface area contributed by atoms with E-state index in [1.54, 1.807) is 18.2 Å². The highest BCUT2D eigenvalue weighted by Gasteiger charge is 2.23. The summed E-state index contributed by atoms with van der Waals surface area (Å²) < 4.78 is 23.5. The van der Waals surface area contributed by atoms with Gasteiger partial charge >= 0.3 is 0 Å². The zero-order chi connectivity index (χ0) is 18.7. The average molecular weight is 372 g/mol. The van der Waals surface area contributed by atoms with E-state index in [0.29, 0.717) is 17.9 Å². The molecule has 4 nitrogen and oxygen atoms in total. The summed E-state index contributed by atoms with van der Waals surface area (Å²) in [6.45, 7) is 2.77. The lowest BCUT2D eigenvalue weighted by Gasteiger charge is -2.30. The van der Waals surface area contributed by atoms with Crippen molar-refractivity contribution in [2.24, 2.45) is 0 Å². The van der Waals surface area contributed by atoms with Gasteiger partial charge in [0.15, 0.2) is 9.84 Å². The lowest BCUT2D eigenvalue weighted by Crippen LogP contribution is -2.35. The Morgan fingerprint density at radius 2 is 1.85 bits per heavy atom. The van der Waals surface area contributed by atoms with Gasteiger partial charge in [0, 0.05) is 24.9 Å². The van der Waals surface area contributed by atoms with E-state index in [1.807, 2.05) is 4.90 Å². The summed E-state index contributed by atoms with van der Waals surface area (Å²) in [6.07, 6.45) is 5.09. The van der Waals surface area contributed by atoms with E-state index in [0.717, 1.165) is 36.9 Å². The normalized spacial score (nSPS) is 14.2. The molecule has 0 aromatic heterocycles. The fourth-order valence-corrected chi connectivity index (χ4v) is 4.07. The molecule has 0 aliphatic carbocycles. The molecule has 0 bridgehead atoms. The second-order valence-electron chi connectivity index (χ2n) is 7.05. The molecule has 1 aliphatic rings. The van der Waals surface area contributed by atoms with Crippen LogP contribution in [-0.2, 0) is 27.5 Å². The van der Waals surface area contributed by atoms with Gasteiger partial charge in [-0.3, -0.25) is 4.79 Å². The summed E-state index contributed by atoms with van der Waals surface area (Å²) in [5, 5.41) is 0. The van der Waals surface area contributed by atoms with Crippen molar-refractivity contribution in [1.82, 2.24) is 0 Å². The first-order valence-electron chi connectivity index (χ1n) is 9.03. The Morgan fingerprint density at radius 3 is 2.54 bits per heavy atom. The first kappa shape index (κ1) is 18.6. The zero-order valence-electron chi connectivity index (χ0n) is 15.4. The minimum atomic E-state index is -3.23. The predicted molar refractivity (Wildman–Crippen MR) is 104 cm³/mol. The average Bonchev–Trinajstić information content (AvgIpc) is 2.61. The molecule has 0 saturated heterocycles. The van der Waals surface area contributed by atoms with Crippen molar-refractivity contribution in [3.8, 4) is 0 Å². The second-order valence-corrected chi connectivity index (χ2v) is 9.07. The Kier molecular flexibility index (Phi) is 5.47. The molecule has 0 N–H and O–H groups in total. The molecule has 3 rings (SSSR count). The number of rotatable bonds is 5. The summed E-state index contributed by atoms with van der Waals surface area (Å²) in [5.41, 5.74) is 4.30. The number of amides is 1. The third-order valence-electron chi connectivity index (χ3n) is 4.88. The van der Waals surface area contributed by atoms with Crippen LogP contribution in [0.3, 0.4) is 0 Å². The monoisotopic (exact) mass is 371 g/mol. The van der Waals surface area contributed by atoms with Crippen LogP contribution in [0.25, 0.3) is 0 Å². The SMILES string of the molecule is Cc1ccc(CCCC(=O)N2CCCc3cc(S(C)(=O)=O)ccc32)cc1. The largest absolute Gasteiger partial charge is 0.312 e. The lowest BCUT2D eigenvalue weighted by atomic mass is 10.0. The van der Waals surface area contributed by atoms with Crippen LogP contribution in [0.5, 0.6) is 0 Å². The molecule has 138 valence electrons. The van der Waals surface area contributed by atoms with Gasteiger partial charge in [-0.1, -0.05) is 29.8 Å². The molecule has 0 atom stereocenters. The van der Waals surface area contributed by atoms with Crippen molar-refractivity contribution < 1.29 is 13.2 Å². The smallest absolute Gasteiger partial charge is 0.226 e. The topological polar surface area (TPSA) is 54.5 Å². The lowest BCUT2D eigenvalue weighted by molar-refractivity contribution is -0.118. The molecule has 1 heterocycles. The van der Waals surface area contributed by atoms with Crippen molar-refractivity contribution in [2.45, 2.75) is 43.9 Å². The summed E-state index contributed by atoms with van der Waals surface area (Å²) in [5.74, 6) is 0.116. The van der Waals surface area contributed by atoms with Crippen LogP contribution in [-0.4, -0.2) is 27.1 Å². The minimum absolute atomic E-state index is 0.116. The van der Waals surface area contributed by atoms with Crippen molar-refractivity contribution in [3.63, 3.8) is 0 Å². The highest BCUT2D eigenvalue weighted by atomic mass is 32.2. The number of nitrogens with zero attached hydrogens (tertiary/aromatic N) is 1. The maximum atomic E-state index is 12.7. The number of carbonyl (C=O) groups excluding carboxylic acids is 1. The van der Waals surface area contributed by atoms with Crippen LogP contribution in [0, 0.1) is 6.92 Å². The second kappa shape index (κ2) is 7.62. The van der Waals surface area contributed by atoms with Gasteiger partial charge in [0.2, 0.25) is 5.91 Å². The maximum absolute atomic E-state index is 12.7. The van der Waals surface area contributed by atoms with Gasteiger partial charge in [0.25, 0.3) is 0 Å². The van der Waals surface area contributed by atoms with Gasteiger partial charge in [-0.25, -0.2) is 8.42 Å². The molecule has 1 aliphatic heterocycles. The van der Waals surface area contributed by atoms with Gasteiger partial charge in [-0.15, -0.1) is 0 Å². The molecular formula is C21H25NO3S. The molecule has 2 aromatic rings. The number of hydrogen-bond donors (Lipinski definition) is 0. The maximum Gasteiger partial charge on any atom is 0.226 e. The molecule has 26 heavy (non-hydrogen) atoms. The number of fused-ring (bicyclic) bond motifs is 1. The van der Waals surface area contributed by atoms with Crippen LogP contribution in [0.4, 0.5) is 5.69 Å². The van der Waals surface area contributed by atoms with E-state index in [9.17, 15) is 13.2 Å². The molecular weight excluding hydrogens is 346 g/mol. The Morgan fingerprint density at radius 1 is 1.12 bits per heavy atom. The van der Waals surface area contributed by atoms with Crippen molar-refractivity contribution >= 4 is 21.4 Å². The number of carbonyl (C=O) groups is 1. The Labute approximate surface area is 155 Å². The quantitative estimate of drug-likeness (QED) is 0.805. The Hall–Kier alpha value is -2.14. The number of hydrogen-bond acceptors (Lipinski definition) is 3. The van der Waals surface area contributed by atoms with Crippen LogP contribution >= 0.6 is 0 Å². The number of aryl methyl sites for hydroxylation is 3. The highest BCUT2D eigenvalue weighted by Crippen LogP contribution is 2.30. The number of benzene rings is 2. The van der Waals surface area contributed by atoms with Crippen LogP contribution in [0.1, 0.15) is 36.0 Å². The van der Waals surface area contributed by atoms with Crippen molar-refractivity contribution in [1.29, 1.82) is 0 Å². The zero-order valence-corrected chi connectivity index (χ0v) is 16.2. The first-order chi connectivity index (χ1) is 12.3. The standard InChI is InChI=1S/C21H25NO3S/c1-16-8-10-17(11-9-16)5-3-7-21(23)22-14-4-6-18-15-19(26(2,24)25)12-13-20(18)22/h8-13,15H,3-7,14H2,1-2H3. The van der Waals surface area contributed by atoms with Gasteiger partial charge in [-0.2, -0.15) is 0 Å². The van der Waals surface area contributed by atoms with E-state index in [-0.39, 0.29) is 5.91 Å². The summed E-state index contributed by atoms with van der Waals surface area (Å²) in [7, 11) is -3.23. The minimum Gasteiger partial charge on any atom is -0.312 e. The van der Waals surface area contributed by atoms with E-state index < -0.39 is 9.84 Å². The summed E-state index contributed by atoms with van der Waals surface area (Å²) >= 11 is 0. The van der Waals surface area contributed by atoms with Gasteiger partial charge in [0.1, 0.15) is 0 Å². The molecule has 0 unspecified atom stereocenters. The molecule has 2 aromatic carbocycles. The van der Waals surface area contributed by atoms with E-state index in [2.05, 4.69) is 31.2 Å². The fourth-order valence-electron chi connectivity index (χ4n) is 3.40. The Bertz CT molecular complexity index is 901. The van der Waals surface area contributed by atoms with E-state index >= 15 is 0 Å². The summed E-state index contributed by atoms with van der Waals surface area (Å²) in [6, 6.07) is 13.5.